The molecule has 0 radical (unpaired) electrons. The molecule has 4 nitrogen and oxygen atoms in total. The number of rotatable bonds is 1. The van der Waals surface area contributed by atoms with E-state index in [4.69, 9.17) is 10.2 Å². The van der Waals surface area contributed by atoms with Gasteiger partial charge in [0.25, 0.3) is 0 Å². The lowest BCUT2D eigenvalue weighted by Gasteiger charge is -1.91. The maximum Gasteiger partial charge on any atom is 0.348 e. The number of benzene rings is 1. The number of phenols is 1. The number of fused-ring (bicyclic) bond motifs is 1. The maximum atomic E-state index is 10.7. The number of aromatic nitrogens is 1. The first kappa shape index (κ1) is 8.00. The van der Waals surface area contributed by atoms with E-state index in [0.717, 1.165) is 11.5 Å². The van der Waals surface area contributed by atoms with Crippen LogP contribution in [0.2, 0.25) is 0 Å². The van der Waals surface area contributed by atoms with Gasteiger partial charge in [-0.1, -0.05) is 0 Å². The predicted octanol–water partition coefficient (Wildman–Crippen LogP) is 1.70. The molecular formula is C8H5NO3S. The first-order valence-electron chi connectivity index (χ1n) is 3.50. The number of phenolic OH excluding ortho intramolecular Hbond substituents is 1. The van der Waals surface area contributed by atoms with Gasteiger partial charge in [-0.15, -0.1) is 0 Å². The second kappa shape index (κ2) is 2.70. The highest BCUT2D eigenvalue weighted by Gasteiger charge is 2.12. The van der Waals surface area contributed by atoms with Gasteiger partial charge < -0.3 is 10.2 Å². The molecule has 66 valence electrons. The van der Waals surface area contributed by atoms with Crippen molar-refractivity contribution in [3.05, 3.63) is 23.1 Å². The topological polar surface area (TPSA) is 70.4 Å². The molecule has 2 aromatic rings. The number of carboxylic acid groups (broad SMARTS) is 1. The Morgan fingerprint density at radius 3 is 2.92 bits per heavy atom. The van der Waals surface area contributed by atoms with Crippen molar-refractivity contribution in [3.8, 4) is 5.75 Å². The van der Waals surface area contributed by atoms with Crippen LogP contribution in [0.1, 0.15) is 9.67 Å². The van der Waals surface area contributed by atoms with E-state index in [0.29, 0.717) is 10.9 Å². The third-order valence-electron chi connectivity index (χ3n) is 1.65. The van der Waals surface area contributed by atoms with Crippen LogP contribution in [0.3, 0.4) is 0 Å². The number of carboxylic acids is 1. The molecule has 0 amide bonds. The van der Waals surface area contributed by atoms with Crippen molar-refractivity contribution in [2.75, 3.05) is 0 Å². The Bertz CT molecular complexity index is 477. The van der Waals surface area contributed by atoms with Crippen molar-refractivity contribution < 1.29 is 15.0 Å². The standard InChI is InChI=1S/C8H5NO3S/c10-4-1-2-6-5(3-4)7(8(11)12)13-9-6/h1-3,10H,(H,11,12). The Morgan fingerprint density at radius 2 is 2.23 bits per heavy atom. The summed E-state index contributed by atoms with van der Waals surface area (Å²) < 4.78 is 3.93. The molecule has 0 unspecified atom stereocenters. The highest BCUT2D eigenvalue weighted by Crippen LogP contribution is 2.25. The second-order valence-electron chi connectivity index (χ2n) is 2.52. The normalized spacial score (nSPS) is 10.5. The summed E-state index contributed by atoms with van der Waals surface area (Å²) in [5, 5.41) is 18.4. The Labute approximate surface area is 77.2 Å². The number of nitrogens with zero attached hydrogens (tertiary/aromatic N) is 1. The van der Waals surface area contributed by atoms with Gasteiger partial charge in [-0.05, 0) is 29.7 Å². The first-order valence-corrected chi connectivity index (χ1v) is 4.27. The number of hydrogen-bond acceptors (Lipinski definition) is 4. The SMILES string of the molecule is O=C(O)c1snc2ccc(O)cc12. The Hall–Kier alpha value is -1.62. The van der Waals surface area contributed by atoms with E-state index in [1.807, 2.05) is 0 Å². The summed E-state index contributed by atoms with van der Waals surface area (Å²) in [6.07, 6.45) is 0. The average Bonchev–Trinajstić information content (AvgIpc) is 2.46. The number of aromatic carboxylic acids is 1. The van der Waals surface area contributed by atoms with Gasteiger partial charge in [0.1, 0.15) is 10.6 Å². The summed E-state index contributed by atoms with van der Waals surface area (Å²) >= 11 is 0.919. The van der Waals surface area contributed by atoms with Crippen LogP contribution in [0.15, 0.2) is 18.2 Å². The molecule has 0 aliphatic heterocycles. The van der Waals surface area contributed by atoms with Crippen molar-refractivity contribution >= 4 is 28.4 Å². The van der Waals surface area contributed by atoms with E-state index >= 15 is 0 Å². The molecule has 0 bridgehead atoms. The summed E-state index contributed by atoms with van der Waals surface area (Å²) in [7, 11) is 0. The number of carbonyl (C=O) groups is 1. The van der Waals surface area contributed by atoms with Crippen LogP contribution in [-0.4, -0.2) is 20.6 Å². The van der Waals surface area contributed by atoms with Gasteiger partial charge in [-0.25, -0.2) is 4.79 Å². The van der Waals surface area contributed by atoms with E-state index in [1.165, 1.54) is 12.1 Å². The zero-order valence-corrected chi connectivity index (χ0v) is 7.21. The molecule has 0 aliphatic carbocycles. The smallest absolute Gasteiger partial charge is 0.348 e. The lowest BCUT2D eigenvalue weighted by Crippen LogP contribution is -1.91. The fourth-order valence-electron chi connectivity index (χ4n) is 1.08. The van der Waals surface area contributed by atoms with Crippen molar-refractivity contribution in [1.29, 1.82) is 0 Å². The summed E-state index contributed by atoms with van der Waals surface area (Å²) in [4.78, 5) is 10.8. The highest BCUT2D eigenvalue weighted by molar-refractivity contribution is 7.09. The fraction of sp³-hybridized carbons (Fsp3) is 0. The van der Waals surface area contributed by atoms with Crippen LogP contribution in [0, 0.1) is 0 Å². The summed E-state index contributed by atoms with van der Waals surface area (Å²) in [5.41, 5.74) is 0.597. The van der Waals surface area contributed by atoms with Gasteiger partial charge in [-0.2, -0.15) is 4.37 Å². The Morgan fingerprint density at radius 1 is 1.46 bits per heavy atom. The molecule has 1 heterocycles. The largest absolute Gasteiger partial charge is 0.508 e. The summed E-state index contributed by atoms with van der Waals surface area (Å²) in [6.45, 7) is 0. The molecule has 1 aromatic carbocycles. The van der Waals surface area contributed by atoms with E-state index in [9.17, 15) is 4.79 Å². The molecule has 0 aliphatic rings. The van der Waals surface area contributed by atoms with Crippen LogP contribution in [-0.2, 0) is 0 Å². The molecular weight excluding hydrogens is 190 g/mol. The summed E-state index contributed by atoms with van der Waals surface area (Å²) in [6, 6.07) is 4.48. The van der Waals surface area contributed by atoms with Crippen molar-refractivity contribution in [3.63, 3.8) is 0 Å². The van der Waals surface area contributed by atoms with Crippen LogP contribution < -0.4 is 0 Å². The van der Waals surface area contributed by atoms with Crippen LogP contribution in [0.4, 0.5) is 0 Å². The molecule has 0 saturated heterocycles. The first-order chi connectivity index (χ1) is 6.18. The van der Waals surface area contributed by atoms with Gasteiger partial charge in [0.05, 0.1) is 5.52 Å². The fourth-order valence-corrected chi connectivity index (χ4v) is 1.77. The minimum absolute atomic E-state index is 0.0511. The van der Waals surface area contributed by atoms with Gasteiger partial charge in [0.2, 0.25) is 0 Å². The van der Waals surface area contributed by atoms with Gasteiger partial charge in [-0.3, -0.25) is 0 Å². The highest BCUT2D eigenvalue weighted by atomic mass is 32.1. The average molecular weight is 195 g/mol. The van der Waals surface area contributed by atoms with Crippen molar-refractivity contribution in [2.24, 2.45) is 0 Å². The van der Waals surface area contributed by atoms with E-state index in [1.54, 1.807) is 6.07 Å². The zero-order valence-electron chi connectivity index (χ0n) is 6.39. The Kier molecular flexibility index (Phi) is 1.66. The van der Waals surface area contributed by atoms with Crippen LogP contribution in [0.5, 0.6) is 5.75 Å². The third kappa shape index (κ3) is 1.23. The molecule has 0 spiro atoms. The van der Waals surface area contributed by atoms with Crippen LogP contribution >= 0.6 is 11.5 Å². The van der Waals surface area contributed by atoms with E-state index in [2.05, 4.69) is 4.37 Å². The van der Waals surface area contributed by atoms with Gasteiger partial charge >= 0.3 is 5.97 Å². The molecule has 0 saturated carbocycles. The van der Waals surface area contributed by atoms with Crippen molar-refractivity contribution in [1.82, 2.24) is 4.37 Å². The monoisotopic (exact) mass is 195 g/mol. The zero-order chi connectivity index (χ0) is 9.42. The molecule has 5 heteroatoms. The quantitative estimate of drug-likeness (QED) is 0.726. The molecule has 0 atom stereocenters. The lowest BCUT2D eigenvalue weighted by atomic mass is 10.2. The molecule has 2 N–H and O–H groups in total. The minimum Gasteiger partial charge on any atom is -0.508 e. The summed E-state index contributed by atoms with van der Waals surface area (Å²) in [5.74, 6) is -0.965. The van der Waals surface area contributed by atoms with Crippen LogP contribution in [0.25, 0.3) is 10.9 Å². The predicted molar refractivity (Wildman–Crippen MR) is 48.2 cm³/mol. The number of hydrogen-bond donors (Lipinski definition) is 2. The number of aromatic hydroxyl groups is 1. The van der Waals surface area contributed by atoms with E-state index in [-0.39, 0.29) is 10.6 Å². The molecule has 1 aromatic heterocycles. The minimum atomic E-state index is -1.02. The Balaban J connectivity index is 2.79. The van der Waals surface area contributed by atoms with E-state index < -0.39 is 5.97 Å². The van der Waals surface area contributed by atoms with Gasteiger partial charge in [0, 0.05) is 5.39 Å². The molecule has 13 heavy (non-hydrogen) atoms. The lowest BCUT2D eigenvalue weighted by molar-refractivity contribution is 0.0704. The third-order valence-corrected chi connectivity index (χ3v) is 2.52. The molecule has 0 fully saturated rings. The maximum absolute atomic E-state index is 10.7. The van der Waals surface area contributed by atoms with Crippen molar-refractivity contribution in [2.45, 2.75) is 0 Å². The second-order valence-corrected chi connectivity index (χ2v) is 3.29. The van der Waals surface area contributed by atoms with Gasteiger partial charge in [0.15, 0.2) is 0 Å². The molecule has 2 rings (SSSR count).